The molecule has 0 bridgehead atoms. The van der Waals surface area contributed by atoms with Gasteiger partial charge in [-0.15, -0.1) is 0 Å². The van der Waals surface area contributed by atoms with Gasteiger partial charge in [-0.2, -0.15) is 0 Å². The minimum atomic E-state index is -0.151. The lowest BCUT2D eigenvalue weighted by atomic mass is 9.96. The molecular formula is C22H26ClNO4. The zero-order valence-electron chi connectivity index (χ0n) is 16.5. The molecule has 1 unspecified atom stereocenters. The van der Waals surface area contributed by atoms with Gasteiger partial charge in [0, 0.05) is 34.9 Å². The highest BCUT2D eigenvalue weighted by atomic mass is 35.5. The van der Waals surface area contributed by atoms with Gasteiger partial charge in [-0.25, -0.2) is 0 Å². The predicted octanol–water partition coefficient (Wildman–Crippen LogP) is 4.90. The van der Waals surface area contributed by atoms with E-state index in [2.05, 4.69) is 0 Å². The molecule has 28 heavy (non-hydrogen) atoms. The molecule has 1 saturated carbocycles. The number of rotatable bonds is 8. The van der Waals surface area contributed by atoms with Crippen LogP contribution in [0, 0.1) is 0 Å². The number of halogens is 1. The topological polar surface area (TPSA) is 57.5 Å². The van der Waals surface area contributed by atoms with Crippen LogP contribution in [-0.4, -0.2) is 30.2 Å². The first-order valence-corrected chi connectivity index (χ1v) is 10.0. The van der Waals surface area contributed by atoms with Crippen molar-refractivity contribution in [2.45, 2.75) is 51.7 Å². The molecule has 5 nitrogen and oxygen atoms in total. The zero-order chi connectivity index (χ0) is 20.3. The number of carbonyl (C=O) groups excluding carboxylic acids is 1. The van der Waals surface area contributed by atoms with Crippen molar-refractivity contribution in [1.82, 2.24) is 4.57 Å². The maximum absolute atomic E-state index is 12.8. The normalized spacial score (nSPS) is 15.1. The van der Waals surface area contributed by atoms with E-state index in [0.717, 1.165) is 19.3 Å². The van der Waals surface area contributed by atoms with E-state index in [-0.39, 0.29) is 17.4 Å². The summed E-state index contributed by atoms with van der Waals surface area (Å²) >= 11 is 6.14. The minimum absolute atomic E-state index is 0.0258. The second-order valence-corrected chi connectivity index (χ2v) is 7.74. The molecule has 0 saturated heterocycles. The van der Waals surface area contributed by atoms with Crippen LogP contribution < -0.4 is 10.3 Å². The third-order valence-electron chi connectivity index (χ3n) is 5.33. The summed E-state index contributed by atoms with van der Waals surface area (Å²) < 4.78 is 13.0. The van der Waals surface area contributed by atoms with Gasteiger partial charge in [0.15, 0.2) is 5.78 Å². The summed E-state index contributed by atoms with van der Waals surface area (Å²) in [6.07, 6.45) is 6.34. The fourth-order valence-electron chi connectivity index (χ4n) is 3.37. The first-order valence-electron chi connectivity index (χ1n) is 9.63. The van der Waals surface area contributed by atoms with Gasteiger partial charge < -0.3 is 14.0 Å². The number of hydrogen-bond acceptors (Lipinski definition) is 4. The summed E-state index contributed by atoms with van der Waals surface area (Å²) in [7, 11) is 1.55. The number of benzene rings is 1. The van der Waals surface area contributed by atoms with E-state index >= 15 is 0 Å². The van der Waals surface area contributed by atoms with Crippen LogP contribution in [-0.2, 0) is 4.74 Å². The zero-order valence-corrected chi connectivity index (χ0v) is 17.3. The summed E-state index contributed by atoms with van der Waals surface area (Å²) in [6, 6.07) is 6.52. The highest BCUT2D eigenvalue weighted by molar-refractivity contribution is 6.31. The third-order valence-corrected chi connectivity index (χ3v) is 5.57. The number of Topliss-reactive ketones (excluding diaryl/α,β-unsaturated/α-hetero) is 1. The largest absolute Gasteiger partial charge is 0.495 e. The van der Waals surface area contributed by atoms with Crippen molar-refractivity contribution in [3.8, 4) is 16.9 Å². The highest BCUT2D eigenvalue weighted by Gasteiger charge is 2.20. The second-order valence-electron chi connectivity index (χ2n) is 7.31. The third kappa shape index (κ3) is 4.47. The number of nitrogens with zero attached hydrogens (tertiary/aromatic N) is 1. The van der Waals surface area contributed by atoms with E-state index < -0.39 is 0 Å². The van der Waals surface area contributed by atoms with Crippen LogP contribution in [0.2, 0.25) is 5.02 Å². The monoisotopic (exact) mass is 403 g/mol. The van der Waals surface area contributed by atoms with Gasteiger partial charge in [0.25, 0.3) is 5.56 Å². The molecule has 1 heterocycles. The fraction of sp³-hybridized carbons (Fsp3) is 0.455. The number of ether oxygens (including phenoxy) is 2. The van der Waals surface area contributed by atoms with Gasteiger partial charge in [-0.3, -0.25) is 9.59 Å². The van der Waals surface area contributed by atoms with Gasteiger partial charge in [-0.1, -0.05) is 11.6 Å². The first kappa shape index (κ1) is 20.6. The van der Waals surface area contributed by atoms with Gasteiger partial charge in [0.05, 0.1) is 19.4 Å². The van der Waals surface area contributed by atoms with Gasteiger partial charge in [-0.05, 0) is 63.3 Å². The van der Waals surface area contributed by atoms with Crippen LogP contribution in [0.3, 0.4) is 0 Å². The molecule has 1 fully saturated rings. The number of methoxy groups -OCH3 is 1. The van der Waals surface area contributed by atoms with E-state index in [1.165, 1.54) is 19.4 Å². The maximum atomic E-state index is 12.8. The molecule has 0 N–H and O–H groups in total. The van der Waals surface area contributed by atoms with E-state index in [4.69, 9.17) is 21.1 Å². The quantitative estimate of drug-likeness (QED) is 0.588. The second kappa shape index (κ2) is 8.93. The molecule has 150 valence electrons. The Morgan fingerprint density at radius 3 is 2.64 bits per heavy atom. The maximum Gasteiger partial charge on any atom is 0.251 e. The number of hydrogen-bond donors (Lipinski definition) is 0. The molecule has 0 aliphatic heterocycles. The summed E-state index contributed by atoms with van der Waals surface area (Å²) in [5, 5.41) is 0.493. The van der Waals surface area contributed by atoms with E-state index in [0.29, 0.717) is 40.2 Å². The van der Waals surface area contributed by atoms with Crippen LogP contribution in [0.4, 0.5) is 0 Å². The molecule has 0 spiro atoms. The van der Waals surface area contributed by atoms with Crippen molar-refractivity contribution < 1.29 is 14.3 Å². The first-order chi connectivity index (χ1) is 13.4. The van der Waals surface area contributed by atoms with Gasteiger partial charge in [0.1, 0.15) is 5.75 Å². The molecule has 1 aromatic carbocycles. The van der Waals surface area contributed by atoms with Crippen molar-refractivity contribution in [2.75, 3.05) is 13.7 Å². The Balaban J connectivity index is 1.90. The minimum Gasteiger partial charge on any atom is -0.495 e. The molecule has 1 aliphatic carbocycles. The number of carbonyl (C=O) groups is 1. The summed E-state index contributed by atoms with van der Waals surface area (Å²) in [5.41, 5.74) is 1.51. The molecule has 2 aromatic rings. The Bertz CT molecular complexity index is 917. The van der Waals surface area contributed by atoms with Crippen molar-refractivity contribution in [1.29, 1.82) is 0 Å². The van der Waals surface area contributed by atoms with Crippen LogP contribution in [0.15, 0.2) is 35.3 Å². The fourth-order valence-corrected chi connectivity index (χ4v) is 3.55. The van der Waals surface area contributed by atoms with Crippen LogP contribution in [0.5, 0.6) is 5.75 Å². The van der Waals surface area contributed by atoms with Crippen molar-refractivity contribution in [2.24, 2.45) is 0 Å². The SMILES string of the molecule is COc1cn(C(C)CCOC2CCC2)c(=O)cc1-c1cc(Cl)ccc1C(C)=O. The van der Waals surface area contributed by atoms with Crippen molar-refractivity contribution in [3.05, 3.63) is 51.4 Å². The number of ketones is 1. The Kier molecular flexibility index (Phi) is 6.57. The summed E-state index contributed by atoms with van der Waals surface area (Å²) in [5.74, 6) is 0.426. The molecule has 1 atom stereocenters. The van der Waals surface area contributed by atoms with Gasteiger partial charge >= 0.3 is 0 Å². The number of aromatic nitrogens is 1. The van der Waals surface area contributed by atoms with Crippen LogP contribution in [0.25, 0.3) is 11.1 Å². The smallest absolute Gasteiger partial charge is 0.251 e. The highest BCUT2D eigenvalue weighted by Crippen LogP contribution is 2.34. The Morgan fingerprint density at radius 2 is 2.04 bits per heavy atom. The molecule has 0 amide bonds. The van der Waals surface area contributed by atoms with Crippen molar-refractivity contribution in [3.63, 3.8) is 0 Å². The molecular weight excluding hydrogens is 378 g/mol. The lowest BCUT2D eigenvalue weighted by molar-refractivity contribution is -0.00248. The molecule has 1 aliphatic rings. The molecule has 6 heteroatoms. The van der Waals surface area contributed by atoms with Crippen LogP contribution >= 0.6 is 11.6 Å². The lowest BCUT2D eigenvalue weighted by Crippen LogP contribution is -2.26. The van der Waals surface area contributed by atoms with Crippen LogP contribution in [0.1, 0.15) is 55.9 Å². The summed E-state index contributed by atoms with van der Waals surface area (Å²) in [4.78, 5) is 24.8. The lowest BCUT2D eigenvalue weighted by Gasteiger charge is -2.26. The predicted molar refractivity (Wildman–Crippen MR) is 111 cm³/mol. The Morgan fingerprint density at radius 1 is 1.29 bits per heavy atom. The van der Waals surface area contributed by atoms with E-state index in [1.807, 2.05) is 6.92 Å². The van der Waals surface area contributed by atoms with Gasteiger partial charge in [0.2, 0.25) is 0 Å². The molecule has 3 rings (SSSR count). The Labute approximate surface area is 170 Å². The number of pyridine rings is 1. The molecule has 1 aromatic heterocycles. The average Bonchev–Trinajstić information content (AvgIpc) is 2.62. The average molecular weight is 404 g/mol. The summed E-state index contributed by atoms with van der Waals surface area (Å²) in [6.45, 7) is 4.11. The van der Waals surface area contributed by atoms with E-state index in [1.54, 1.807) is 36.1 Å². The Hall–Kier alpha value is -2.11. The molecule has 0 radical (unpaired) electrons. The van der Waals surface area contributed by atoms with E-state index in [9.17, 15) is 9.59 Å². The van der Waals surface area contributed by atoms with Crippen molar-refractivity contribution >= 4 is 17.4 Å². The standard InChI is InChI=1S/C22H26ClNO4/c1-14(9-10-28-17-5-4-6-17)24-13-21(27-3)20(12-22(24)26)19-11-16(23)7-8-18(19)15(2)25/h7-8,11-14,17H,4-6,9-10H2,1-3H3.